The predicted octanol–water partition coefficient (Wildman–Crippen LogP) is 4.66. The molecule has 0 atom stereocenters. The molecule has 2 N–H and O–H groups in total. The molecule has 0 radical (unpaired) electrons. The first-order chi connectivity index (χ1) is 12.6. The van der Waals surface area contributed by atoms with E-state index in [0.717, 1.165) is 33.8 Å². The molecule has 0 fully saturated rings. The van der Waals surface area contributed by atoms with Crippen LogP contribution in [0.5, 0.6) is 0 Å². The van der Waals surface area contributed by atoms with Gasteiger partial charge in [-0.1, -0.05) is 17.7 Å². The van der Waals surface area contributed by atoms with Crippen molar-refractivity contribution < 1.29 is 4.79 Å². The lowest BCUT2D eigenvalue weighted by Gasteiger charge is -2.18. The van der Waals surface area contributed by atoms with Crippen molar-refractivity contribution in [1.29, 1.82) is 0 Å². The third-order valence-electron chi connectivity index (χ3n) is 4.13. The number of imidazole rings is 1. The Balaban J connectivity index is 1.55. The van der Waals surface area contributed by atoms with Crippen molar-refractivity contribution >= 4 is 39.8 Å². The fourth-order valence-corrected chi connectivity index (χ4v) is 3.17. The topological polar surface area (TPSA) is 73.9 Å². The Hall–Kier alpha value is -3.19. The van der Waals surface area contributed by atoms with Gasteiger partial charge in [-0.05, 0) is 37.3 Å². The number of rotatable bonds is 3. The van der Waals surface area contributed by atoms with E-state index in [0.29, 0.717) is 5.69 Å². The fourth-order valence-electron chi connectivity index (χ4n) is 2.63. The zero-order valence-corrected chi connectivity index (χ0v) is 15.2. The maximum atomic E-state index is 12.5. The van der Waals surface area contributed by atoms with Gasteiger partial charge in [0.25, 0.3) is 0 Å². The lowest BCUT2D eigenvalue weighted by Crippen LogP contribution is -2.31. The van der Waals surface area contributed by atoms with Crippen molar-refractivity contribution in [3.05, 3.63) is 58.9 Å². The second kappa shape index (κ2) is 6.61. The number of aromatic nitrogens is 3. The summed E-state index contributed by atoms with van der Waals surface area (Å²) in [5.74, 6) is 0.724. The summed E-state index contributed by atoms with van der Waals surface area (Å²) in [4.78, 5) is 26.1. The molecule has 0 bridgehead atoms. The van der Waals surface area contributed by atoms with Crippen LogP contribution in [0.1, 0.15) is 5.56 Å². The molecule has 2 aromatic carbocycles. The van der Waals surface area contributed by atoms with Crippen molar-refractivity contribution in [2.24, 2.45) is 0 Å². The van der Waals surface area contributed by atoms with Crippen LogP contribution in [0.15, 0.2) is 53.4 Å². The van der Waals surface area contributed by atoms with E-state index in [-0.39, 0.29) is 6.03 Å². The standard InChI is InChI=1S/C19H17N5OS/c1-12-3-6-14(7-4-12)24(2)19(25)21-13-5-8-15-16(9-13)23-18(22-15)17-10-26-11-20-17/h3-11H,1-2H3,(H,21,25)(H,22,23). The lowest BCUT2D eigenvalue weighted by atomic mass is 10.2. The van der Waals surface area contributed by atoms with Crippen LogP contribution in [0.3, 0.4) is 0 Å². The minimum Gasteiger partial charge on any atom is -0.337 e. The van der Waals surface area contributed by atoms with Gasteiger partial charge in [0.15, 0.2) is 5.82 Å². The van der Waals surface area contributed by atoms with Crippen LogP contribution in [0.25, 0.3) is 22.6 Å². The maximum absolute atomic E-state index is 12.5. The van der Waals surface area contributed by atoms with Gasteiger partial charge in [-0.2, -0.15) is 0 Å². The molecule has 2 aromatic heterocycles. The Kier molecular flexibility index (Phi) is 4.14. The number of benzene rings is 2. The van der Waals surface area contributed by atoms with Crippen LogP contribution in [0, 0.1) is 6.92 Å². The van der Waals surface area contributed by atoms with Gasteiger partial charge >= 0.3 is 6.03 Å². The van der Waals surface area contributed by atoms with Crippen LogP contribution in [-0.4, -0.2) is 28.0 Å². The average Bonchev–Trinajstić information content (AvgIpc) is 3.30. The number of nitrogens with one attached hydrogen (secondary N) is 2. The van der Waals surface area contributed by atoms with Gasteiger partial charge in [-0.15, -0.1) is 11.3 Å². The van der Waals surface area contributed by atoms with Crippen molar-refractivity contribution in [2.45, 2.75) is 6.92 Å². The van der Waals surface area contributed by atoms with E-state index in [1.54, 1.807) is 17.5 Å². The molecule has 0 saturated carbocycles. The quantitative estimate of drug-likeness (QED) is 0.556. The summed E-state index contributed by atoms with van der Waals surface area (Å²) >= 11 is 1.52. The number of hydrogen-bond acceptors (Lipinski definition) is 4. The molecule has 26 heavy (non-hydrogen) atoms. The van der Waals surface area contributed by atoms with Crippen LogP contribution in [0.2, 0.25) is 0 Å². The van der Waals surface area contributed by atoms with Crippen molar-refractivity contribution in [3.8, 4) is 11.5 Å². The monoisotopic (exact) mass is 363 g/mol. The van der Waals surface area contributed by atoms with Gasteiger partial charge in [0.2, 0.25) is 0 Å². The SMILES string of the molecule is Cc1ccc(N(C)C(=O)Nc2ccc3nc(-c4cscn4)[nH]c3c2)cc1. The molecule has 2 heterocycles. The number of anilines is 2. The van der Waals surface area contributed by atoms with Gasteiger partial charge in [-0.25, -0.2) is 14.8 Å². The summed E-state index contributed by atoms with van der Waals surface area (Å²) in [6.07, 6.45) is 0. The van der Waals surface area contributed by atoms with Gasteiger partial charge in [-0.3, -0.25) is 4.90 Å². The molecular weight excluding hydrogens is 346 g/mol. The summed E-state index contributed by atoms with van der Waals surface area (Å²) in [5, 5.41) is 4.86. The highest BCUT2D eigenvalue weighted by Gasteiger charge is 2.12. The highest BCUT2D eigenvalue weighted by atomic mass is 32.1. The van der Waals surface area contributed by atoms with Crippen molar-refractivity contribution in [3.63, 3.8) is 0 Å². The van der Waals surface area contributed by atoms with Gasteiger partial charge in [0, 0.05) is 23.8 Å². The lowest BCUT2D eigenvalue weighted by molar-refractivity contribution is 0.258. The fraction of sp³-hybridized carbons (Fsp3) is 0.105. The molecule has 4 rings (SSSR count). The van der Waals surface area contributed by atoms with Crippen LogP contribution >= 0.6 is 11.3 Å². The third kappa shape index (κ3) is 3.16. The Labute approximate surface area is 154 Å². The van der Waals surface area contributed by atoms with E-state index < -0.39 is 0 Å². The number of hydrogen-bond donors (Lipinski definition) is 2. The molecule has 0 saturated heterocycles. The molecule has 6 nitrogen and oxygen atoms in total. The van der Waals surface area contributed by atoms with Gasteiger partial charge in [0.05, 0.1) is 16.5 Å². The zero-order chi connectivity index (χ0) is 18.1. The Bertz CT molecular complexity index is 1050. The number of aryl methyl sites for hydroxylation is 1. The van der Waals surface area contributed by atoms with Gasteiger partial charge < -0.3 is 10.3 Å². The van der Waals surface area contributed by atoms with E-state index in [4.69, 9.17) is 0 Å². The summed E-state index contributed by atoms with van der Waals surface area (Å²) in [6.45, 7) is 2.02. The number of fused-ring (bicyclic) bond motifs is 1. The van der Waals surface area contributed by atoms with E-state index >= 15 is 0 Å². The average molecular weight is 363 g/mol. The van der Waals surface area contributed by atoms with Crippen LogP contribution < -0.4 is 10.2 Å². The second-order valence-electron chi connectivity index (χ2n) is 6.02. The number of carbonyl (C=O) groups excluding carboxylic acids is 1. The van der Waals surface area contributed by atoms with Crippen LogP contribution in [0.4, 0.5) is 16.2 Å². The molecule has 0 spiro atoms. The number of amides is 2. The molecular formula is C19H17N5OS. The maximum Gasteiger partial charge on any atom is 0.326 e. The predicted molar refractivity (Wildman–Crippen MR) is 106 cm³/mol. The van der Waals surface area contributed by atoms with E-state index in [1.807, 2.05) is 54.8 Å². The molecule has 4 aromatic rings. The van der Waals surface area contributed by atoms with E-state index in [9.17, 15) is 4.79 Å². The molecule has 0 aliphatic heterocycles. The highest BCUT2D eigenvalue weighted by Crippen LogP contribution is 2.23. The first kappa shape index (κ1) is 16.3. The molecule has 7 heteroatoms. The minimum absolute atomic E-state index is 0.201. The van der Waals surface area contributed by atoms with E-state index in [1.165, 1.54) is 11.3 Å². The number of aromatic amines is 1. The number of nitrogens with zero attached hydrogens (tertiary/aromatic N) is 3. The smallest absolute Gasteiger partial charge is 0.326 e. The van der Waals surface area contributed by atoms with Crippen molar-refractivity contribution in [1.82, 2.24) is 15.0 Å². The molecule has 0 aliphatic carbocycles. The summed E-state index contributed by atoms with van der Waals surface area (Å²) in [6, 6.07) is 13.2. The molecule has 130 valence electrons. The summed E-state index contributed by atoms with van der Waals surface area (Å²) < 4.78 is 0. The Morgan fingerprint density at radius 2 is 2.00 bits per heavy atom. The molecule has 2 amide bonds. The van der Waals surface area contributed by atoms with Gasteiger partial charge in [0.1, 0.15) is 5.69 Å². The Morgan fingerprint density at radius 3 is 2.73 bits per heavy atom. The number of thiazole rings is 1. The largest absolute Gasteiger partial charge is 0.337 e. The number of carbonyl (C=O) groups is 1. The first-order valence-corrected chi connectivity index (χ1v) is 9.04. The first-order valence-electron chi connectivity index (χ1n) is 8.10. The van der Waals surface area contributed by atoms with Crippen LogP contribution in [-0.2, 0) is 0 Å². The summed E-state index contributed by atoms with van der Waals surface area (Å²) in [7, 11) is 1.75. The highest BCUT2D eigenvalue weighted by molar-refractivity contribution is 7.07. The summed E-state index contributed by atoms with van der Waals surface area (Å²) in [5.41, 5.74) is 6.96. The minimum atomic E-state index is -0.201. The second-order valence-corrected chi connectivity index (χ2v) is 6.73. The third-order valence-corrected chi connectivity index (χ3v) is 4.72. The normalized spacial score (nSPS) is 10.8. The zero-order valence-electron chi connectivity index (χ0n) is 14.4. The van der Waals surface area contributed by atoms with Crippen molar-refractivity contribution in [2.75, 3.05) is 17.3 Å². The number of H-pyrrole nitrogens is 1. The molecule has 0 unspecified atom stereocenters. The Morgan fingerprint density at radius 1 is 1.19 bits per heavy atom. The number of urea groups is 1. The molecule has 0 aliphatic rings. The van der Waals surface area contributed by atoms with E-state index in [2.05, 4.69) is 20.3 Å².